The quantitative estimate of drug-likeness (QED) is 0.0946. The van der Waals surface area contributed by atoms with Gasteiger partial charge in [-0.15, -0.1) is 93.9 Å². The van der Waals surface area contributed by atoms with Crippen molar-refractivity contribution in [2.24, 2.45) is 10.8 Å². The predicted molar refractivity (Wildman–Crippen MR) is 286 cm³/mol. The second-order valence-corrected chi connectivity index (χ2v) is 18.4. The molecule has 0 spiro atoms. The molecule has 0 N–H and O–H groups in total. The van der Waals surface area contributed by atoms with Crippen molar-refractivity contribution in [1.29, 1.82) is 0 Å². The Labute approximate surface area is 416 Å². The first kappa shape index (κ1) is 53.4. The van der Waals surface area contributed by atoms with Crippen LogP contribution >= 0.6 is 24.8 Å². The third-order valence-corrected chi connectivity index (χ3v) is 14.3. The van der Waals surface area contributed by atoms with Crippen LogP contribution in [0.2, 0.25) is 0 Å². The molecule has 2 radical (unpaired) electrons. The maximum atomic E-state index is 3.06. The van der Waals surface area contributed by atoms with Crippen molar-refractivity contribution in [3.8, 4) is 22.3 Å². The first-order chi connectivity index (χ1) is 29.6. The molecule has 2 aliphatic rings. The van der Waals surface area contributed by atoms with Crippen LogP contribution < -0.4 is 0 Å². The van der Waals surface area contributed by atoms with Gasteiger partial charge in [-0.2, -0.15) is 12.1 Å². The van der Waals surface area contributed by atoms with Crippen LogP contribution in [0.1, 0.15) is 115 Å². The van der Waals surface area contributed by atoms with E-state index in [1.54, 1.807) is 11.1 Å². The van der Waals surface area contributed by atoms with Gasteiger partial charge >= 0.3 is 30.2 Å². The first-order valence-electron chi connectivity index (χ1n) is 23.1. The van der Waals surface area contributed by atoms with E-state index >= 15 is 0 Å². The summed E-state index contributed by atoms with van der Waals surface area (Å²) in [5.74, 6) is 0. The minimum absolute atomic E-state index is 0. The van der Waals surface area contributed by atoms with E-state index < -0.39 is 0 Å². The van der Waals surface area contributed by atoms with Crippen molar-refractivity contribution in [3.05, 3.63) is 172 Å². The third kappa shape index (κ3) is 11.8. The average Bonchev–Trinajstić information content (AvgIpc) is 3.91. The molecule has 0 atom stereocenters. The fourth-order valence-electron chi connectivity index (χ4n) is 11.7. The van der Waals surface area contributed by atoms with Gasteiger partial charge in [0.05, 0.1) is 0 Å². The van der Waals surface area contributed by atoms with Crippen molar-refractivity contribution < 1.29 is 23.3 Å². The first-order valence-corrected chi connectivity index (χ1v) is 27.3. The molecule has 8 aromatic rings. The molecule has 0 aromatic heterocycles. The Hall–Kier alpha value is -3.26. The van der Waals surface area contributed by atoms with Gasteiger partial charge in [-0.25, -0.2) is 0 Å². The van der Waals surface area contributed by atoms with E-state index in [1.165, 1.54) is 191 Å². The van der Waals surface area contributed by atoms with Gasteiger partial charge in [0.1, 0.15) is 0 Å². The van der Waals surface area contributed by atoms with E-state index in [2.05, 4.69) is 166 Å². The fraction of sp³-hybridized carbons (Fsp3) is 0.333. The van der Waals surface area contributed by atoms with Crippen molar-refractivity contribution in [2.45, 2.75) is 117 Å². The molecule has 0 unspecified atom stereocenters. The second-order valence-electron chi connectivity index (χ2n) is 18.4. The van der Waals surface area contributed by atoms with Crippen LogP contribution in [0, 0.1) is 25.7 Å². The molecular formula is C60H70Cl2SiZr-4. The van der Waals surface area contributed by atoms with Crippen molar-refractivity contribution in [1.82, 2.24) is 0 Å². The number of hydrogen-bond donors (Lipinski definition) is 0. The third-order valence-electron chi connectivity index (χ3n) is 14.3. The van der Waals surface area contributed by atoms with Gasteiger partial charge in [-0.05, 0) is 94.9 Å². The number of fused-ring (bicyclic) bond motifs is 4. The summed E-state index contributed by atoms with van der Waals surface area (Å²) in [7, 11) is 0. The zero-order chi connectivity index (χ0) is 41.4. The van der Waals surface area contributed by atoms with Crippen LogP contribution in [0.15, 0.2) is 146 Å². The topological polar surface area (TPSA) is 0 Å². The van der Waals surface area contributed by atoms with Gasteiger partial charge in [0.2, 0.25) is 0 Å². The monoisotopic (exact) mass is 978 g/mol. The van der Waals surface area contributed by atoms with E-state index in [-0.39, 0.29) is 39.7 Å². The Kier molecular flexibility index (Phi) is 20.9. The van der Waals surface area contributed by atoms with E-state index in [9.17, 15) is 0 Å². The second kappa shape index (κ2) is 25.0. The van der Waals surface area contributed by atoms with Gasteiger partial charge in [0, 0.05) is 0 Å². The minimum atomic E-state index is 0. The molecule has 2 fully saturated rings. The molecule has 336 valence electrons. The molecule has 2 saturated carbocycles. The molecule has 0 amide bonds. The van der Waals surface area contributed by atoms with Crippen molar-refractivity contribution in [2.75, 3.05) is 0 Å². The van der Waals surface area contributed by atoms with Crippen LogP contribution in [0.4, 0.5) is 0 Å². The van der Waals surface area contributed by atoms with Crippen LogP contribution in [-0.4, -0.2) is 6.88 Å². The summed E-state index contributed by atoms with van der Waals surface area (Å²) >= 11 is 1.36. The molecule has 2 aliphatic carbocycles. The molecular weight excluding hydrogens is 911 g/mol. The molecule has 0 saturated heterocycles. The van der Waals surface area contributed by atoms with E-state index in [1.807, 2.05) is 0 Å². The zero-order valence-electron chi connectivity index (χ0n) is 39.0. The summed E-state index contributed by atoms with van der Waals surface area (Å²) in [5, 5.41) is 11.0. The van der Waals surface area contributed by atoms with Gasteiger partial charge < -0.3 is 14.9 Å². The Morgan fingerprint density at radius 2 is 0.766 bits per heavy atom. The molecule has 8 aromatic carbocycles. The number of benzene rings is 6. The van der Waals surface area contributed by atoms with Gasteiger partial charge in [-0.3, -0.25) is 0 Å². The van der Waals surface area contributed by atoms with E-state index in [0.717, 1.165) is 0 Å². The number of hydrogen-bond acceptors (Lipinski definition) is 0. The van der Waals surface area contributed by atoms with E-state index in [4.69, 9.17) is 0 Å². The summed E-state index contributed by atoms with van der Waals surface area (Å²) in [6.45, 7) is 7.78. The molecule has 0 heterocycles. The predicted octanol–water partition coefficient (Wildman–Crippen LogP) is 18.7. The van der Waals surface area contributed by atoms with Gasteiger partial charge in [0.15, 0.2) is 0 Å². The Balaban J connectivity index is 0.000000255. The summed E-state index contributed by atoms with van der Waals surface area (Å²) < 4.78 is 0. The molecule has 0 bridgehead atoms. The summed E-state index contributed by atoms with van der Waals surface area (Å²) in [5.41, 5.74) is 9.62. The molecule has 0 nitrogen and oxygen atoms in total. The summed E-state index contributed by atoms with van der Waals surface area (Å²) in [4.78, 5) is 0. The Bertz CT molecular complexity index is 2450. The number of halogens is 2. The van der Waals surface area contributed by atoms with Crippen LogP contribution in [0.25, 0.3) is 65.3 Å². The standard InChI is InChI=1S/2C29H31.2CH3.2ClH.Si.Zr/c2*1-2-16-29(17-6-3-7-18-29)21-22-19-24-12-9-15-27(28(24)20-22)26-14-8-11-23-10-4-5-13-25(23)26;;;;;;/h2*4-5,8-15,19-20H,2-3,6-7,16-18,21H2,1H3;2*1H3;2*1H;;/q4*-1;;;;. The normalized spacial score (nSPS) is 15.0. The molecule has 64 heavy (non-hydrogen) atoms. The van der Waals surface area contributed by atoms with E-state index in [0.29, 0.717) is 10.8 Å². The van der Waals surface area contributed by atoms with Crippen LogP contribution in [0.5, 0.6) is 0 Å². The van der Waals surface area contributed by atoms with Crippen molar-refractivity contribution in [3.63, 3.8) is 0 Å². The molecule has 10 rings (SSSR count). The van der Waals surface area contributed by atoms with Crippen LogP contribution in [-0.2, 0) is 36.2 Å². The van der Waals surface area contributed by atoms with Crippen LogP contribution in [0.3, 0.4) is 0 Å². The molecule has 0 aliphatic heterocycles. The zero-order valence-corrected chi connectivity index (χ0v) is 44.1. The number of rotatable bonds is 10. The van der Waals surface area contributed by atoms with Gasteiger partial charge in [0.25, 0.3) is 0 Å². The molecule has 4 heteroatoms. The summed E-state index contributed by atoms with van der Waals surface area (Å²) in [6.07, 6.45) is 22.1. The maximum absolute atomic E-state index is 3.06. The van der Waals surface area contributed by atoms with Gasteiger partial charge in [-0.1, -0.05) is 173 Å². The summed E-state index contributed by atoms with van der Waals surface area (Å²) in [6, 6.07) is 54.5. The van der Waals surface area contributed by atoms with Crippen molar-refractivity contribution >= 4 is 74.8 Å². The Morgan fingerprint density at radius 1 is 0.438 bits per heavy atom. The SMILES string of the molecule is CCCC1(Cc2cc3c(-c4cccc5ccccc45)cccc3[cH-]2)CCCCC1.CCCC1(Cc2cc3c(-c4cccc5ccccc45)cccc3[cH-]2)CCCCC1.Cl.Cl.[CH3-].[CH3-].[Si]=[Zr]. The average molecular weight is 981 g/mol. The fourth-order valence-corrected chi connectivity index (χ4v) is 11.7. The Morgan fingerprint density at radius 3 is 1.14 bits per heavy atom.